The molecule has 1 unspecified atom stereocenters. The summed E-state index contributed by atoms with van der Waals surface area (Å²) in [4.78, 5) is 24.6. The fourth-order valence-corrected chi connectivity index (χ4v) is 4.55. The van der Waals surface area contributed by atoms with Crippen LogP contribution in [0.1, 0.15) is 37.8 Å². The average molecular weight is 471 g/mol. The number of rotatable bonds is 7. The van der Waals surface area contributed by atoms with Gasteiger partial charge in [0.1, 0.15) is 5.51 Å². The number of nitrogens with zero attached hydrogens (tertiary/aromatic N) is 2. The lowest BCUT2D eigenvalue weighted by molar-refractivity contribution is -0.124. The number of hydrogen-bond donors (Lipinski definition) is 2. The summed E-state index contributed by atoms with van der Waals surface area (Å²) in [7, 11) is 0. The van der Waals surface area contributed by atoms with Crippen molar-refractivity contribution in [3.63, 3.8) is 0 Å². The predicted octanol–water partition coefficient (Wildman–Crippen LogP) is 5.96. The highest BCUT2D eigenvalue weighted by molar-refractivity contribution is 7.13. The van der Waals surface area contributed by atoms with E-state index in [-0.39, 0.29) is 17.7 Å². The molecular weight excluding hydrogens is 444 g/mol. The third-order valence-corrected chi connectivity index (χ3v) is 6.41. The minimum Gasteiger partial charge on any atom is -0.326 e. The molecule has 0 spiro atoms. The van der Waals surface area contributed by atoms with Gasteiger partial charge in [-0.15, -0.1) is 10.2 Å². The zero-order chi connectivity index (χ0) is 24.1. The molecule has 1 atom stereocenters. The van der Waals surface area contributed by atoms with Crippen LogP contribution in [0.2, 0.25) is 0 Å². The third-order valence-electron chi connectivity index (χ3n) is 5.80. The zero-order valence-corrected chi connectivity index (χ0v) is 20.1. The first-order chi connectivity index (χ1) is 16.3. The SMILES string of the molecule is CC(=O)Nc1ccc(-c2ccc(C(c3ccccc3)C(C)(C)C(=O)Nc3nncs3)cc2)cc1. The van der Waals surface area contributed by atoms with Gasteiger partial charge in [-0.25, -0.2) is 0 Å². The Balaban J connectivity index is 1.64. The van der Waals surface area contributed by atoms with Crippen molar-refractivity contribution in [3.8, 4) is 11.1 Å². The lowest BCUT2D eigenvalue weighted by Crippen LogP contribution is -2.37. The maximum absolute atomic E-state index is 13.3. The molecule has 0 aliphatic heterocycles. The Morgan fingerprint density at radius 3 is 1.97 bits per heavy atom. The van der Waals surface area contributed by atoms with E-state index in [1.54, 1.807) is 5.51 Å². The van der Waals surface area contributed by atoms with E-state index in [0.717, 1.165) is 27.9 Å². The van der Waals surface area contributed by atoms with Crippen molar-refractivity contribution in [1.82, 2.24) is 10.2 Å². The van der Waals surface area contributed by atoms with E-state index < -0.39 is 5.41 Å². The van der Waals surface area contributed by atoms with Gasteiger partial charge in [0.25, 0.3) is 0 Å². The molecular formula is C27H26N4O2S. The summed E-state index contributed by atoms with van der Waals surface area (Å²) in [6, 6.07) is 26.1. The van der Waals surface area contributed by atoms with Crippen LogP contribution in [0.15, 0.2) is 84.4 Å². The zero-order valence-electron chi connectivity index (χ0n) is 19.3. The van der Waals surface area contributed by atoms with E-state index >= 15 is 0 Å². The number of benzene rings is 3. The molecule has 7 heteroatoms. The number of amides is 2. The molecule has 3 aromatic carbocycles. The van der Waals surface area contributed by atoms with Gasteiger partial charge in [-0.3, -0.25) is 9.59 Å². The fraction of sp³-hybridized carbons (Fsp3) is 0.185. The van der Waals surface area contributed by atoms with Crippen molar-refractivity contribution in [2.75, 3.05) is 10.6 Å². The number of carbonyl (C=O) groups is 2. The second-order valence-corrected chi connectivity index (χ2v) is 9.48. The lowest BCUT2D eigenvalue weighted by atomic mass is 9.70. The summed E-state index contributed by atoms with van der Waals surface area (Å²) in [6.07, 6.45) is 0. The summed E-state index contributed by atoms with van der Waals surface area (Å²) < 4.78 is 0. The number of anilines is 2. The van der Waals surface area contributed by atoms with Crippen LogP contribution in [0.25, 0.3) is 11.1 Å². The van der Waals surface area contributed by atoms with Crippen LogP contribution in [0.3, 0.4) is 0 Å². The molecule has 2 N–H and O–H groups in total. The maximum Gasteiger partial charge on any atom is 0.232 e. The van der Waals surface area contributed by atoms with Gasteiger partial charge < -0.3 is 10.6 Å². The lowest BCUT2D eigenvalue weighted by Gasteiger charge is -2.33. The topological polar surface area (TPSA) is 84.0 Å². The van der Waals surface area contributed by atoms with E-state index in [1.165, 1.54) is 18.3 Å². The molecule has 0 bridgehead atoms. The van der Waals surface area contributed by atoms with Gasteiger partial charge in [-0.2, -0.15) is 0 Å². The summed E-state index contributed by atoms with van der Waals surface area (Å²) in [6.45, 7) is 5.40. The fourth-order valence-electron chi connectivity index (χ4n) is 4.11. The molecule has 1 aromatic heterocycles. The second-order valence-electron chi connectivity index (χ2n) is 8.64. The first-order valence-corrected chi connectivity index (χ1v) is 11.8. The number of hydrogen-bond acceptors (Lipinski definition) is 5. The smallest absolute Gasteiger partial charge is 0.232 e. The highest BCUT2D eigenvalue weighted by Gasteiger charge is 2.39. The van der Waals surface area contributed by atoms with E-state index in [0.29, 0.717) is 5.13 Å². The van der Waals surface area contributed by atoms with E-state index in [1.807, 2.05) is 56.3 Å². The molecule has 0 radical (unpaired) electrons. The Bertz CT molecular complexity index is 1250. The quantitative estimate of drug-likeness (QED) is 0.349. The minimum absolute atomic E-state index is 0.0955. The van der Waals surface area contributed by atoms with Gasteiger partial charge in [0.2, 0.25) is 16.9 Å². The van der Waals surface area contributed by atoms with Crippen molar-refractivity contribution in [3.05, 3.63) is 95.5 Å². The Labute approximate surface area is 203 Å². The Kier molecular flexibility index (Phi) is 6.84. The summed E-state index contributed by atoms with van der Waals surface area (Å²) in [5, 5.41) is 14.0. The Hall–Kier alpha value is -3.84. The normalized spacial score (nSPS) is 12.1. The van der Waals surface area contributed by atoms with Gasteiger partial charge in [0.05, 0.1) is 5.41 Å². The van der Waals surface area contributed by atoms with Crippen LogP contribution < -0.4 is 10.6 Å². The van der Waals surface area contributed by atoms with E-state index in [2.05, 4.69) is 57.2 Å². The highest BCUT2D eigenvalue weighted by atomic mass is 32.1. The molecule has 4 rings (SSSR count). The molecule has 34 heavy (non-hydrogen) atoms. The molecule has 0 saturated carbocycles. The van der Waals surface area contributed by atoms with Gasteiger partial charge in [0.15, 0.2) is 0 Å². The number of aromatic nitrogens is 2. The molecule has 2 amide bonds. The van der Waals surface area contributed by atoms with Crippen LogP contribution >= 0.6 is 11.3 Å². The average Bonchev–Trinajstić information content (AvgIpc) is 3.33. The molecule has 0 aliphatic carbocycles. The second kappa shape index (κ2) is 9.97. The summed E-state index contributed by atoms with van der Waals surface area (Å²) in [5.41, 5.74) is 5.81. The number of nitrogens with one attached hydrogen (secondary N) is 2. The van der Waals surface area contributed by atoms with Crippen LogP contribution in [0, 0.1) is 5.41 Å². The van der Waals surface area contributed by atoms with Crippen molar-refractivity contribution in [1.29, 1.82) is 0 Å². The van der Waals surface area contributed by atoms with Crippen molar-refractivity contribution >= 4 is 34.0 Å². The highest BCUT2D eigenvalue weighted by Crippen LogP contribution is 2.42. The van der Waals surface area contributed by atoms with Gasteiger partial charge in [-0.1, -0.05) is 91.9 Å². The first kappa shape index (κ1) is 23.3. The predicted molar refractivity (Wildman–Crippen MR) is 137 cm³/mol. The van der Waals surface area contributed by atoms with E-state index in [4.69, 9.17) is 0 Å². The van der Waals surface area contributed by atoms with Crippen molar-refractivity contribution in [2.24, 2.45) is 5.41 Å². The summed E-state index contributed by atoms with van der Waals surface area (Å²) >= 11 is 1.30. The molecule has 4 aromatic rings. The van der Waals surface area contributed by atoms with Crippen LogP contribution in [-0.4, -0.2) is 22.0 Å². The van der Waals surface area contributed by atoms with Crippen LogP contribution in [-0.2, 0) is 9.59 Å². The minimum atomic E-state index is -0.755. The molecule has 0 fully saturated rings. The maximum atomic E-state index is 13.3. The monoisotopic (exact) mass is 470 g/mol. The first-order valence-electron chi connectivity index (χ1n) is 10.9. The molecule has 172 valence electrons. The summed E-state index contributed by atoms with van der Waals surface area (Å²) in [5.74, 6) is -0.379. The standard InChI is InChI=1S/C27H26N4O2S/c1-18(32)29-23-15-13-20(14-16-23)19-9-11-22(12-10-19)24(21-7-5-4-6-8-21)27(2,3)25(33)30-26-31-28-17-34-26/h4-17,24H,1-3H3,(H,29,32)(H,30,31,33). The van der Waals surface area contributed by atoms with Crippen molar-refractivity contribution in [2.45, 2.75) is 26.7 Å². The van der Waals surface area contributed by atoms with Gasteiger partial charge in [-0.05, 0) is 34.4 Å². The molecule has 6 nitrogen and oxygen atoms in total. The van der Waals surface area contributed by atoms with Crippen LogP contribution in [0.4, 0.5) is 10.8 Å². The van der Waals surface area contributed by atoms with Crippen molar-refractivity contribution < 1.29 is 9.59 Å². The molecule has 0 aliphatic rings. The Morgan fingerprint density at radius 1 is 0.824 bits per heavy atom. The van der Waals surface area contributed by atoms with Crippen LogP contribution in [0.5, 0.6) is 0 Å². The third kappa shape index (κ3) is 5.21. The molecule has 1 heterocycles. The van der Waals surface area contributed by atoms with Gasteiger partial charge in [0, 0.05) is 18.5 Å². The largest absolute Gasteiger partial charge is 0.326 e. The van der Waals surface area contributed by atoms with E-state index in [9.17, 15) is 9.59 Å². The Morgan fingerprint density at radius 2 is 1.41 bits per heavy atom. The molecule has 0 saturated heterocycles. The van der Waals surface area contributed by atoms with Gasteiger partial charge >= 0.3 is 0 Å². The number of carbonyl (C=O) groups excluding carboxylic acids is 2.